The van der Waals surface area contributed by atoms with Crippen LogP contribution in [0.2, 0.25) is 0 Å². The normalized spacial score (nSPS) is 10.7. The number of aliphatic hydroxyl groups excluding tert-OH is 1. The van der Waals surface area contributed by atoms with Crippen LogP contribution >= 0.6 is 0 Å². The lowest BCUT2D eigenvalue weighted by Crippen LogP contribution is -2.14. The Labute approximate surface area is 133 Å². The van der Waals surface area contributed by atoms with Gasteiger partial charge >= 0.3 is 0 Å². The lowest BCUT2D eigenvalue weighted by Gasteiger charge is -2.07. The second kappa shape index (κ2) is 6.50. The van der Waals surface area contributed by atoms with Crippen LogP contribution in [0.4, 0.5) is 5.69 Å². The quantitative estimate of drug-likeness (QED) is 0.758. The predicted molar refractivity (Wildman–Crippen MR) is 86.9 cm³/mol. The highest BCUT2D eigenvalue weighted by molar-refractivity contribution is 6.03. The van der Waals surface area contributed by atoms with Crippen LogP contribution in [-0.4, -0.2) is 33.6 Å². The molecule has 3 aromatic rings. The van der Waals surface area contributed by atoms with Gasteiger partial charge in [0.1, 0.15) is 23.7 Å². The Morgan fingerprint density at radius 3 is 2.78 bits per heavy atom. The van der Waals surface area contributed by atoms with Gasteiger partial charge in [-0.2, -0.15) is 0 Å². The zero-order chi connectivity index (χ0) is 16.2. The highest BCUT2D eigenvalue weighted by Crippen LogP contribution is 2.17. The number of nitrogens with zero attached hydrogens (tertiary/aromatic N) is 2. The van der Waals surface area contributed by atoms with Crippen molar-refractivity contribution in [3.63, 3.8) is 0 Å². The standard InChI is InChI=1S/C17H17N3O3/c1-12-2-7-16-18-10-15(20(16)11-12)17(22)19-13-3-5-14(6-4-13)23-9-8-21/h2-7,10-11,21H,8-9H2,1H3,(H,19,22). The molecule has 0 bridgehead atoms. The Bertz CT molecular complexity index is 825. The van der Waals surface area contributed by atoms with Crippen LogP contribution in [0, 0.1) is 6.92 Å². The Kier molecular flexibility index (Phi) is 4.25. The van der Waals surface area contributed by atoms with Gasteiger partial charge in [0, 0.05) is 11.9 Å². The second-order valence-electron chi connectivity index (χ2n) is 5.13. The van der Waals surface area contributed by atoms with E-state index in [9.17, 15) is 4.79 Å². The third-order valence-electron chi connectivity index (χ3n) is 3.36. The van der Waals surface area contributed by atoms with Crippen molar-refractivity contribution >= 4 is 17.2 Å². The zero-order valence-electron chi connectivity index (χ0n) is 12.7. The molecule has 0 radical (unpaired) electrons. The summed E-state index contributed by atoms with van der Waals surface area (Å²) in [5.41, 5.74) is 2.92. The van der Waals surface area contributed by atoms with Gasteiger partial charge in [-0.15, -0.1) is 0 Å². The Morgan fingerprint density at radius 1 is 1.26 bits per heavy atom. The van der Waals surface area contributed by atoms with Crippen molar-refractivity contribution in [3.8, 4) is 5.75 Å². The smallest absolute Gasteiger partial charge is 0.274 e. The lowest BCUT2D eigenvalue weighted by atomic mass is 10.3. The molecule has 0 fully saturated rings. The molecule has 2 N–H and O–H groups in total. The average molecular weight is 311 g/mol. The number of hydrogen-bond acceptors (Lipinski definition) is 4. The fourth-order valence-corrected chi connectivity index (χ4v) is 2.25. The van der Waals surface area contributed by atoms with E-state index in [1.807, 2.05) is 25.3 Å². The zero-order valence-corrected chi connectivity index (χ0v) is 12.7. The Hall–Kier alpha value is -2.86. The first-order valence-corrected chi connectivity index (χ1v) is 7.26. The van der Waals surface area contributed by atoms with Crippen LogP contribution in [0.5, 0.6) is 5.75 Å². The van der Waals surface area contributed by atoms with Crippen molar-refractivity contribution in [1.82, 2.24) is 9.38 Å². The minimum absolute atomic E-state index is 0.0355. The summed E-state index contributed by atoms with van der Waals surface area (Å²) < 4.78 is 7.05. The Balaban J connectivity index is 1.76. The third-order valence-corrected chi connectivity index (χ3v) is 3.36. The molecule has 1 amide bonds. The van der Waals surface area contributed by atoms with Crippen LogP contribution in [0.3, 0.4) is 0 Å². The molecule has 2 aromatic heterocycles. The molecule has 0 aliphatic heterocycles. The molecule has 2 heterocycles. The number of carbonyl (C=O) groups is 1. The topological polar surface area (TPSA) is 75.9 Å². The fraction of sp³-hybridized carbons (Fsp3) is 0.176. The molecule has 0 aliphatic carbocycles. The van der Waals surface area contributed by atoms with E-state index in [0.717, 1.165) is 11.2 Å². The summed E-state index contributed by atoms with van der Waals surface area (Å²) in [6.07, 6.45) is 3.44. The number of aryl methyl sites for hydroxylation is 1. The van der Waals surface area contributed by atoms with Gasteiger partial charge in [-0.05, 0) is 42.8 Å². The van der Waals surface area contributed by atoms with Crippen LogP contribution in [-0.2, 0) is 0 Å². The number of pyridine rings is 1. The maximum atomic E-state index is 12.4. The molecule has 0 saturated heterocycles. The van der Waals surface area contributed by atoms with E-state index in [1.54, 1.807) is 34.9 Å². The predicted octanol–water partition coefficient (Wildman–Crippen LogP) is 2.27. The minimum atomic E-state index is -0.230. The van der Waals surface area contributed by atoms with E-state index >= 15 is 0 Å². The Morgan fingerprint density at radius 2 is 2.04 bits per heavy atom. The third kappa shape index (κ3) is 3.32. The van der Waals surface area contributed by atoms with Crippen molar-refractivity contribution in [3.05, 3.63) is 60.0 Å². The largest absolute Gasteiger partial charge is 0.491 e. The molecule has 6 heteroatoms. The van der Waals surface area contributed by atoms with E-state index in [4.69, 9.17) is 9.84 Å². The number of imidazole rings is 1. The first-order valence-electron chi connectivity index (χ1n) is 7.26. The molecule has 6 nitrogen and oxygen atoms in total. The number of nitrogens with one attached hydrogen (secondary N) is 1. The summed E-state index contributed by atoms with van der Waals surface area (Å²) in [5, 5.41) is 11.6. The first-order chi connectivity index (χ1) is 11.2. The van der Waals surface area contributed by atoms with Gasteiger partial charge in [0.05, 0.1) is 12.8 Å². The number of carbonyl (C=O) groups excluding carboxylic acids is 1. The molecular formula is C17H17N3O3. The highest BCUT2D eigenvalue weighted by Gasteiger charge is 2.12. The van der Waals surface area contributed by atoms with Gasteiger partial charge in [0.15, 0.2) is 0 Å². The number of anilines is 1. The SMILES string of the molecule is Cc1ccc2ncc(C(=O)Nc3ccc(OCCO)cc3)n2c1. The highest BCUT2D eigenvalue weighted by atomic mass is 16.5. The molecule has 0 spiro atoms. The molecule has 0 saturated carbocycles. The number of aromatic nitrogens is 2. The average Bonchev–Trinajstić information content (AvgIpc) is 2.97. The molecule has 23 heavy (non-hydrogen) atoms. The summed E-state index contributed by atoms with van der Waals surface area (Å²) in [6, 6.07) is 10.8. The van der Waals surface area contributed by atoms with Gasteiger partial charge < -0.3 is 15.2 Å². The minimum Gasteiger partial charge on any atom is -0.491 e. The number of amides is 1. The molecule has 0 atom stereocenters. The van der Waals surface area contributed by atoms with Gasteiger partial charge in [-0.3, -0.25) is 9.20 Å². The van der Waals surface area contributed by atoms with Crippen molar-refractivity contribution in [2.45, 2.75) is 6.92 Å². The van der Waals surface area contributed by atoms with Gasteiger partial charge in [-0.25, -0.2) is 4.98 Å². The number of hydrogen-bond donors (Lipinski definition) is 2. The van der Waals surface area contributed by atoms with Gasteiger partial charge in [0.25, 0.3) is 5.91 Å². The van der Waals surface area contributed by atoms with Crippen LogP contribution in [0.15, 0.2) is 48.8 Å². The van der Waals surface area contributed by atoms with E-state index < -0.39 is 0 Å². The molecule has 0 aliphatic rings. The lowest BCUT2D eigenvalue weighted by molar-refractivity contribution is 0.102. The molecular weight excluding hydrogens is 294 g/mol. The van der Waals surface area contributed by atoms with Crippen LogP contribution in [0.25, 0.3) is 5.65 Å². The van der Waals surface area contributed by atoms with Gasteiger partial charge in [0.2, 0.25) is 0 Å². The van der Waals surface area contributed by atoms with E-state index in [1.165, 1.54) is 0 Å². The van der Waals surface area contributed by atoms with E-state index in [2.05, 4.69) is 10.3 Å². The van der Waals surface area contributed by atoms with Crippen molar-refractivity contribution in [1.29, 1.82) is 0 Å². The van der Waals surface area contributed by atoms with E-state index in [-0.39, 0.29) is 19.1 Å². The summed E-state index contributed by atoms with van der Waals surface area (Å²) in [5.74, 6) is 0.412. The van der Waals surface area contributed by atoms with E-state index in [0.29, 0.717) is 17.1 Å². The summed E-state index contributed by atoms with van der Waals surface area (Å²) in [4.78, 5) is 16.6. The number of fused-ring (bicyclic) bond motifs is 1. The summed E-state index contributed by atoms with van der Waals surface area (Å²) >= 11 is 0. The summed E-state index contributed by atoms with van der Waals surface area (Å²) in [6.45, 7) is 2.17. The van der Waals surface area contributed by atoms with Crippen molar-refractivity contribution in [2.24, 2.45) is 0 Å². The van der Waals surface area contributed by atoms with Crippen molar-refractivity contribution < 1.29 is 14.6 Å². The molecule has 118 valence electrons. The van der Waals surface area contributed by atoms with Crippen LogP contribution < -0.4 is 10.1 Å². The number of benzene rings is 1. The molecule has 0 unspecified atom stereocenters. The van der Waals surface area contributed by atoms with Crippen molar-refractivity contribution in [2.75, 3.05) is 18.5 Å². The van der Waals surface area contributed by atoms with Gasteiger partial charge in [-0.1, -0.05) is 6.07 Å². The fourth-order valence-electron chi connectivity index (χ4n) is 2.25. The first kappa shape index (κ1) is 15.1. The number of aliphatic hydroxyl groups is 1. The summed E-state index contributed by atoms with van der Waals surface area (Å²) in [7, 11) is 0. The maximum Gasteiger partial charge on any atom is 0.274 e. The van der Waals surface area contributed by atoms with Crippen LogP contribution in [0.1, 0.15) is 16.1 Å². The maximum absolute atomic E-state index is 12.4. The molecule has 1 aromatic carbocycles. The monoisotopic (exact) mass is 311 g/mol. The second-order valence-corrected chi connectivity index (χ2v) is 5.13. The molecule has 3 rings (SSSR count). The number of ether oxygens (including phenoxy) is 1. The number of rotatable bonds is 5.